The molecular weight excluding hydrogens is 340 g/mol. The van der Waals surface area contributed by atoms with Gasteiger partial charge in [0.2, 0.25) is 5.91 Å². The predicted molar refractivity (Wildman–Crippen MR) is 95.2 cm³/mol. The summed E-state index contributed by atoms with van der Waals surface area (Å²) >= 11 is 1.30. The molecular formula is C18H20N2O4S. The second kappa shape index (κ2) is 8.98. The Bertz CT molecular complexity index is 716. The van der Waals surface area contributed by atoms with Gasteiger partial charge in [0.25, 0.3) is 5.91 Å². The van der Waals surface area contributed by atoms with Crippen molar-refractivity contribution in [3.05, 3.63) is 58.3 Å². The molecule has 0 saturated carbocycles. The summed E-state index contributed by atoms with van der Waals surface area (Å²) in [6.45, 7) is 1.60. The van der Waals surface area contributed by atoms with Crippen LogP contribution in [0.15, 0.2) is 47.8 Å². The minimum absolute atomic E-state index is 0.0118. The minimum Gasteiger partial charge on any atom is -0.469 e. The van der Waals surface area contributed by atoms with Crippen molar-refractivity contribution in [1.29, 1.82) is 0 Å². The van der Waals surface area contributed by atoms with Crippen molar-refractivity contribution in [2.24, 2.45) is 0 Å². The molecule has 0 aliphatic rings. The molecule has 0 saturated heterocycles. The molecule has 7 heteroatoms. The van der Waals surface area contributed by atoms with Gasteiger partial charge in [-0.1, -0.05) is 36.4 Å². The summed E-state index contributed by atoms with van der Waals surface area (Å²) in [7, 11) is 1.30. The number of methoxy groups -OCH3 is 1. The molecule has 1 aromatic carbocycles. The third kappa shape index (κ3) is 5.42. The molecule has 132 valence electrons. The highest BCUT2D eigenvalue weighted by Crippen LogP contribution is 2.17. The minimum atomic E-state index is -0.738. The lowest BCUT2D eigenvalue weighted by Gasteiger charge is -2.21. The van der Waals surface area contributed by atoms with E-state index in [1.807, 2.05) is 30.3 Å². The molecule has 2 N–H and O–H groups in total. The number of hydrogen-bond donors (Lipinski definition) is 2. The van der Waals surface area contributed by atoms with Gasteiger partial charge in [-0.2, -0.15) is 0 Å². The van der Waals surface area contributed by atoms with E-state index in [-0.39, 0.29) is 18.2 Å². The lowest BCUT2D eigenvalue weighted by Crippen LogP contribution is -2.46. The molecule has 0 unspecified atom stereocenters. The molecule has 2 aromatic rings. The van der Waals surface area contributed by atoms with Gasteiger partial charge in [0.15, 0.2) is 0 Å². The molecule has 25 heavy (non-hydrogen) atoms. The van der Waals surface area contributed by atoms with Crippen LogP contribution >= 0.6 is 11.3 Å². The quantitative estimate of drug-likeness (QED) is 0.742. The van der Waals surface area contributed by atoms with Crippen molar-refractivity contribution in [2.75, 3.05) is 7.11 Å². The zero-order valence-corrected chi connectivity index (χ0v) is 14.8. The Hall–Kier alpha value is -2.67. The number of carbonyl (C=O) groups excluding carboxylic acids is 3. The maximum absolute atomic E-state index is 12.4. The number of thiophene rings is 1. The van der Waals surface area contributed by atoms with Gasteiger partial charge < -0.3 is 15.4 Å². The number of hydrogen-bond acceptors (Lipinski definition) is 5. The first-order valence-electron chi connectivity index (χ1n) is 7.77. The van der Waals surface area contributed by atoms with Crippen molar-refractivity contribution in [1.82, 2.24) is 10.6 Å². The second-order valence-electron chi connectivity index (χ2n) is 5.42. The average molecular weight is 360 g/mol. The Morgan fingerprint density at radius 3 is 2.40 bits per heavy atom. The first kappa shape index (κ1) is 18.7. The maximum Gasteiger partial charge on any atom is 0.307 e. The highest BCUT2D eigenvalue weighted by molar-refractivity contribution is 7.12. The van der Waals surface area contributed by atoms with Crippen LogP contribution in [0.2, 0.25) is 0 Å². The number of esters is 1. The molecule has 0 fully saturated rings. The Morgan fingerprint density at radius 1 is 1.08 bits per heavy atom. The van der Waals surface area contributed by atoms with Gasteiger partial charge >= 0.3 is 5.97 Å². The third-order valence-electron chi connectivity index (χ3n) is 3.60. The zero-order chi connectivity index (χ0) is 18.2. The summed E-state index contributed by atoms with van der Waals surface area (Å²) in [5.41, 5.74) is 0.790. The normalized spacial score (nSPS) is 12.7. The summed E-state index contributed by atoms with van der Waals surface area (Å²) in [5, 5.41) is 7.24. The van der Waals surface area contributed by atoms with E-state index >= 15 is 0 Å². The van der Waals surface area contributed by atoms with Crippen molar-refractivity contribution in [3.8, 4) is 0 Å². The van der Waals surface area contributed by atoms with Crippen LogP contribution in [0, 0.1) is 0 Å². The lowest BCUT2D eigenvalue weighted by molar-refractivity contribution is -0.141. The van der Waals surface area contributed by atoms with Crippen LogP contribution in [0.1, 0.15) is 34.6 Å². The summed E-state index contributed by atoms with van der Waals surface area (Å²) in [5.74, 6) is -1.10. The number of benzene rings is 1. The Labute approximate surface area is 150 Å². The summed E-state index contributed by atoms with van der Waals surface area (Å²) < 4.78 is 4.70. The van der Waals surface area contributed by atoms with E-state index in [1.54, 1.807) is 24.4 Å². The highest BCUT2D eigenvalue weighted by atomic mass is 32.1. The number of amides is 2. The lowest BCUT2D eigenvalue weighted by atomic mass is 10.0. The molecule has 2 rings (SSSR count). The number of rotatable bonds is 7. The smallest absolute Gasteiger partial charge is 0.307 e. The van der Waals surface area contributed by atoms with Crippen LogP contribution in [0.25, 0.3) is 0 Å². The van der Waals surface area contributed by atoms with Gasteiger partial charge in [-0.3, -0.25) is 14.4 Å². The van der Waals surface area contributed by atoms with Crippen molar-refractivity contribution < 1.29 is 19.1 Å². The van der Waals surface area contributed by atoms with Crippen molar-refractivity contribution in [3.63, 3.8) is 0 Å². The maximum atomic E-state index is 12.4. The van der Waals surface area contributed by atoms with E-state index in [9.17, 15) is 14.4 Å². The van der Waals surface area contributed by atoms with Crippen LogP contribution in [0.4, 0.5) is 0 Å². The molecule has 6 nitrogen and oxygen atoms in total. The largest absolute Gasteiger partial charge is 0.469 e. The molecule has 2 atom stereocenters. The fourth-order valence-corrected chi connectivity index (χ4v) is 2.85. The Kier molecular flexibility index (Phi) is 6.71. The fourth-order valence-electron chi connectivity index (χ4n) is 2.23. The second-order valence-corrected chi connectivity index (χ2v) is 6.37. The van der Waals surface area contributed by atoms with Gasteiger partial charge in [0.05, 0.1) is 24.4 Å². The van der Waals surface area contributed by atoms with Crippen LogP contribution in [0.3, 0.4) is 0 Å². The van der Waals surface area contributed by atoms with Crippen LogP contribution in [-0.2, 0) is 14.3 Å². The average Bonchev–Trinajstić information content (AvgIpc) is 3.16. The van der Waals surface area contributed by atoms with Crippen LogP contribution in [0.5, 0.6) is 0 Å². The molecule has 0 radical (unpaired) electrons. The van der Waals surface area contributed by atoms with Gasteiger partial charge in [-0.25, -0.2) is 0 Å². The molecule has 1 heterocycles. The van der Waals surface area contributed by atoms with E-state index in [0.29, 0.717) is 4.88 Å². The summed E-state index contributed by atoms with van der Waals surface area (Å²) in [6.07, 6.45) is 0.0118. The molecule has 0 bridgehead atoms. The van der Waals surface area contributed by atoms with Crippen LogP contribution in [-0.4, -0.2) is 30.9 Å². The fraction of sp³-hybridized carbons (Fsp3) is 0.278. The van der Waals surface area contributed by atoms with E-state index in [0.717, 1.165) is 5.56 Å². The standard InChI is InChI=1S/C18H20N2O4S/c1-12(19-18(23)15-9-6-10-25-15)17(22)20-14(11-16(21)24-2)13-7-4-3-5-8-13/h3-10,12,14H,11H2,1-2H3,(H,19,23)(H,20,22)/t12-,14-/m1/s1. The first-order valence-corrected chi connectivity index (χ1v) is 8.65. The predicted octanol–water partition coefficient (Wildman–Crippen LogP) is 2.29. The van der Waals surface area contributed by atoms with Crippen molar-refractivity contribution in [2.45, 2.75) is 25.4 Å². The Balaban J connectivity index is 2.02. The Morgan fingerprint density at radius 2 is 1.80 bits per heavy atom. The van der Waals surface area contributed by atoms with E-state index in [4.69, 9.17) is 4.74 Å². The monoisotopic (exact) mass is 360 g/mol. The molecule has 0 spiro atoms. The molecule has 2 amide bonds. The number of nitrogens with one attached hydrogen (secondary N) is 2. The summed E-state index contributed by atoms with van der Waals surface area (Å²) in [6, 6.07) is 11.3. The van der Waals surface area contributed by atoms with Crippen LogP contribution < -0.4 is 10.6 Å². The van der Waals surface area contributed by atoms with E-state index < -0.39 is 18.1 Å². The first-order chi connectivity index (χ1) is 12.0. The SMILES string of the molecule is COC(=O)C[C@@H](NC(=O)[C@@H](C)NC(=O)c1cccs1)c1ccccc1. The zero-order valence-electron chi connectivity index (χ0n) is 14.0. The number of ether oxygens (including phenoxy) is 1. The van der Waals surface area contributed by atoms with Crippen molar-refractivity contribution >= 4 is 29.1 Å². The highest BCUT2D eigenvalue weighted by Gasteiger charge is 2.23. The number of carbonyl (C=O) groups is 3. The van der Waals surface area contributed by atoms with Gasteiger partial charge in [0, 0.05) is 0 Å². The summed E-state index contributed by atoms with van der Waals surface area (Å²) in [4.78, 5) is 36.6. The van der Waals surface area contributed by atoms with E-state index in [2.05, 4.69) is 10.6 Å². The third-order valence-corrected chi connectivity index (χ3v) is 4.47. The van der Waals surface area contributed by atoms with E-state index in [1.165, 1.54) is 18.4 Å². The molecule has 0 aliphatic carbocycles. The molecule has 1 aromatic heterocycles. The molecule has 0 aliphatic heterocycles. The van der Waals surface area contributed by atoms with Gasteiger partial charge in [0.1, 0.15) is 6.04 Å². The van der Waals surface area contributed by atoms with Gasteiger partial charge in [-0.05, 0) is 23.9 Å². The topological polar surface area (TPSA) is 84.5 Å². The van der Waals surface area contributed by atoms with Gasteiger partial charge in [-0.15, -0.1) is 11.3 Å².